The number of ether oxygens (including phenoxy) is 2. The average Bonchev–Trinajstić information content (AvgIpc) is 3.39. The van der Waals surface area contributed by atoms with Crippen LogP contribution >= 0.6 is 7.55 Å². The Bertz CT molecular complexity index is 1580. The third-order valence-corrected chi connectivity index (χ3v) is 8.76. The van der Waals surface area contributed by atoms with Crippen LogP contribution in [-0.2, 0) is 4.79 Å². The minimum atomic E-state index is -0.670. The summed E-state index contributed by atoms with van der Waals surface area (Å²) in [6.45, 7) is 0.499. The van der Waals surface area contributed by atoms with Crippen molar-refractivity contribution < 1.29 is 23.1 Å². The number of fused-ring (bicyclic) bond motifs is 2. The van der Waals surface area contributed by atoms with E-state index in [4.69, 9.17) is 18.3 Å². The minimum absolute atomic E-state index is 0.134. The van der Waals surface area contributed by atoms with E-state index in [1.165, 1.54) is 6.07 Å². The highest BCUT2D eigenvalue weighted by molar-refractivity contribution is 7.57. The molecule has 1 amide bonds. The van der Waals surface area contributed by atoms with Crippen molar-refractivity contribution in [1.82, 2.24) is 5.32 Å². The van der Waals surface area contributed by atoms with Crippen molar-refractivity contribution in [2.45, 2.75) is 12.8 Å². The van der Waals surface area contributed by atoms with E-state index >= 15 is 0 Å². The molecule has 1 aliphatic heterocycles. The molecule has 0 fully saturated rings. The van der Waals surface area contributed by atoms with E-state index < -0.39 is 13.2 Å². The first-order valence-corrected chi connectivity index (χ1v) is 14.2. The number of carbonyl (C=O) groups is 1. The monoisotopic (exact) mass is 517 g/mol. The normalized spacial score (nSPS) is 15.5. The molecule has 1 unspecified atom stereocenters. The zero-order chi connectivity index (χ0) is 25.6. The van der Waals surface area contributed by atoms with Crippen LogP contribution in [0.3, 0.4) is 0 Å². The van der Waals surface area contributed by atoms with E-state index in [9.17, 15) is 9.59 Å². The zero-order valence-corrected chi connectivity index (χ0v) is 21.5. The van der Waals surface area contributed by atoms with Crippen molar-refractivity contribution >= 4 is 47.3 Å². The van der Waals surface area contributed by atoms with Crippen LogP contribution in [0.2, 0.25) is 0 Å². The molecule has 37 heavy (non-hydrogen) atoms. The number of benzene rings is 2. The molecule has 7 nitrogen and oxygen atoms in total. The van der Waals surface area contributed by atoms with Crippen molar-refractivity contribution in [2.24, 2.45) is 0 Å². The summed E-state index contributed by atoms with van der Waals surface area (Å²) in [5.41, 5.74) is 2.46. The summed E-state index contributed by atoms with van der Waals surface area (Å²) >= 11 is 0. The van der Waals surface area contributed by atoms with Gasteiger partial charge in [0.15, 0.2) is 11.2 Å². The third-order valence-electron chi connectivity index (χ3n) is 6.23. The molecule has 2 aromatic carbocycles. The van der Waals surface area contributed by atoms with Crippen molar-refractivity contribution in [3.63, 3.8) is 0 Å². The molecular weight excluding hydrogens is 489 g/mol. The van der Waals surface area contributed by atoms with Gasteiger partial charge < -0.3 is 23.6 Å². The lowest BCUT2D eigenvalue weighted by Gasteiger charge is -2.16. The zero-order valence-electron chi connectivity index (χ0n) is 20.5. The van der Waals surface area contributed by atoms with Crippen molar-refractivity contribution in [1.29, 1.82) is 0 Å². The topological polar surface area (TPSA) is 90.9 Å². The lowest BCUT2D eigenvalue weighted by molar-refractivity contribution is -0.115. The fourth-order valence-electron chi connectivity index (χ4n) is 4.29. The quantitative estimate of drug-likeness (QED) is 0.137. The molecule has 4 aromatic rings. The molecule has 0 saturated heterocycles. The van der Waals surface area contributed by atoms with Gasteiger partial charge in [-0.1, -0.05) is 17.9 Å². The minimum Gasteiger partial charge on any atom is -0.497 e. The first-order chi connectivity index (χ1) is 18.1. The van der Waals surface area contributed by atoms with E-state index in [-0.39, 0.29) is 5.91 Å². The van der Waals surface area contributed by atoms with Crippen LogP contribution in [0.1, 0.15) is 18.4 Å². The molecule has 0 saturated carbocycles. The average molecular weight is 518 g/mol. The maximum Gasteiger partial charge on any atom is 0.336 e. The Balaban J connectivity index is 1.14. The van der Waals surface area contributed by atoms with Crippen molar-refractivity contribution in [2.75, 3.05) is 26.0 Å². The maximum absolute atomic E-state index is 12.3. The number of allylic oxidation sites excluding steroid dienone is 2. The van der Waals surface area contributed by atoms with Gasteiger partial charge in [0.1, 0.15) is 5.75 Å². The summed E-state index contributed by atoms with van der Waals surface area (Å²) in [4.78, 5) is 24.1. The molecular formula is C29H28NO6P. The van der Waals surface area contributed by atoms with Gasteiger partial charge in [-0.05, 0) is 73.2 Å². The highest BCUT2D eigenvalue weighted by atomic mass is 31.1. The Labute approximate surface area is 214 Å². The third kappa shape index (κ3) is 6.07. The smallest absolute Gasteiger partial charge is 0.336 e. The summed E-state index contributed by atoms with van der Waals surface area (Å²) in [7, 11) is 0.955. The van der Waals surface area contributed by atoms with E-state index in [1.807, 2.05) is 42.5 Å². The van der Waals surface area contributed by atoms with Crippen LogP contribution in [0.25, 0.3) is 28.0 Å². The van der Waals surface area contributed by atoms with Gasteiger partial charge in [0.2, 0.25) is 11.7 Å². The predicted octanol–water partition coefficient (Wildman–Crippen LogP) is 5.45. The SMILES string of the molecule is COc1ccc(/C=C/C(=O)NC2=CC=[PH](CCCOc3c4occc4cc4ccc(=O)oc34)CC2)cc1. The first kappa shape index (κ1) is 24.7. The number of nitrogens with one attached hydrogen (secondary N) is 1. The molecule has 2 aromatic heterocycles. The van der Waals surface area contributed by atoms with Gasteiger partial charge in [-0.25, -0.2) is 4.79 Å². The molecule has 5 rings (SSSR count). The fraction of sp³-hybridized carbons (Fsp3) is 0.207. The number of amides is 1. The standard InChI is InChI=1S/C29H28NO6P/c1-33-24-7-3-20(4-8-24)5-9-25(31)30-23-12-17-37(18-13-23)16-2-14-34-29-27-22(11-15-35-27)19-21-6-10-26(32)36-28(21)29/h3-12,15,17,19,37H,2,13-14,16,18H2,1H3,(H,30,31)/b9-5+. The second kappa shape index (κ2) is 11.4. The summed E-state index contributed by atoms with van der Waals surface area (Å²) in [6.07, 6.45) is 10.8. The Morgan fingerprint density at radius 2 is 1.95 bits per heavy atom. The maximum atomic E-state index is 12.3. The van der Waals surface area contributed by atoms with Gasteiger partial charge in [-0.3, -0.25) is 4.79 Å². The van der Waals surface area contributed by atoms with E-state index in [1.54, 1.807) is 31.6 Å². The van der Waals surface area contributed by atoms with Gasteiger partial charge in [-0.15, -0.1) is 7.55 Å². The number of hydrogen-bond donors (Lipinski definition) is 1. The molecule has 190 valence electrons. The van der Waals surface area contributed by atoms with Crippen molar-refractivity contribution in [3.05, 3.63) is 88.6 Å². The Kier molecular flexibility index (Phi) is 7.62. The van der Waals surface area contributed by atoms with Crippen LogP contribution < -0.4 is 20.4 Å². The summed E-state index contributed by atoms with van der Waals surface area (Å²) in [6, 6.07) is 14.5. The number of hydrogen-bond acceptors (Lipinski definition) is 6. The summed E-state index contributed by atoms with van der Waals surface area (Å²) in [5.74, 6) is 3.38. The van der Waals surface area contributed by atoms with Crippen LogP contribution in [0, 0.1) is 0 Å². The highest BCUT2D eigenvalue weighted by Gasteiger charge is 2.15. The Morgan fingerprint density at radius 3 is 2.73 bits per heavy atom. The lowest BCUT2D eigenvalue weighted by Crippen LogP contribution is -2.22. The van der Waals surface area contributed by atoms with Gasteiger partial charge in [0.05, 0.1) is 20.0 Å². The molecule has 0 aliphatic carbocycles. The van der Waals surface area contributed by atoms with Gasteiger partial charge in [0, 0.05) is 28.6 Å². The van der Waals surface area contributed by atoms with E-state index in [2.05, 4.69) is 11.1 Å². The molecule has 0 radical (unpaired) electrons. The van der Waals surface area contributed by atoms with Crippen molar-refractivity contribution in [3.8, 4) is 11.5 Å². The lowest BCUT2D eigenvalue weighted by atomic mass is 10.1. The van der Waals surface area contributed by atoms with Gasteiger partial charge in [0.25, 0.3) is 0 Å². The Hall–Kier alpha value is -3.96. The predicted molar refractivity (Wildman–Crippen MR) is 149 cm³/mol. The summed E-state index contributed by atoms with van der Waals surface area (Å²) < 4.78 is 22.2. The highest BCUT2D eigenvalue weighted by Crippen LogP contribution is 2.35. The number of carbonyl (C=O) groups excluding carboxylic acids is 1. The fourth-order valence-corrected chi connectivity index (χ4v) is 6.50. The number of methoxy groups -OCH3 is 1. The van der Waals surface area contributed by atoms with Gasteiger partial charge >= 0.3 is 5.63 Å². The van der Waals surface area contributed by atoms with Crippen LogP contribution in [0.4, 0.5) is 0 Å². The molecule has 1 aliphatic rings. The van der Waals surface area contributed by atoms with E-state index in [0.29, 0.717) is 23.5 Å². The molecule has 1 atom stereocenters. The van der Waals surface area contributed by atoms with Crippen LogP contribution in [-0.4, -0.2) is 37.7 Å². The molecule has 8 heteroatoms. The second-order valence-electron chi connectivity index (χ2n) is 8.78. The number of rotatable bonds is 9. The number of furan rings is 1. The molecule has 1 N–H and O–H groups in total. The summed E-state index contributed by atoms with van der Waals surface area (Å²) in [5, 5.41) is 4.69. The van der Waals surface area contributed by atoms with Crippen LogP contribution in [0.15, 0.2) is 86.3 Å². The Morgan fingerprint density at radius 1 is 1.11 bits per heavy atom. The second-order valence-corrected chi connectivity index (χ2v) is 11.4. The molecule has 0 spiro atoms. The molecule has 0 bridgehead atoms. The molecule has 3 heterocycles. The van der Waals surface area contributed by atoms with E-state index in [0.717, 1.165) is 52.9 Å². The van der Waals surface area contributed by atoms with Gasteiger partial charge in [-0.2, -0.15) is 0 Å². The van der Waals surface area contributed by atoms with Crippen LogP contribution in [0.5, 0.6) is 11.5 Å². The largest absolute Gasteiger partial charge is 0.497 e. The first-order valence-electron chi connectivity index (χ1n) is 12.2.